The zero-order valence-corrected chi connectivity index (χ0v) is 18.1. The third-order valence-electron chi connectivity index (χ3n) is 5.88. The summed E-state index contributed by atoms with van der Waals surface area (Å²) in [4.78, 5) is 32.8. The molecule has 8 heteroatoms. The van der Waals surface area contributed by atoms with E-state index >= 15 is 0 Å². The van der Waals surface area contributed by atoms with Crippen LogP contribution in [0.25, 0.3) is 5.76 Å². The van der Waals surface area contributed by atoms with Crippen LogP contribution in [0, 0.1) is 0 Å². The highest BCUT2D eigenvalue weighted by molar-refractivity contribution is 6.46. The van der Waals surface area contributed by atoms with Crippen LogP contribution in [0.15, 0.2) is 54.4 Å². The fourth-order valence-corrected chi connectivity index (χ4v) is 4.21. The maximum atomic E-state index is 13.3. The number of ether oxygens (including phenoxy) is 2. The van der Waals surface area contributed by atoms with Gasteiger partial charge in [0, 0.05) is 18.0 Å². The number of carbonyl (C=O) groups excluding carboxylic acids is 2. The molecule has 168 valence electrons. The Kier molecular flexibility index (Phi) is 6.82. The first-order valence-corrected chi connectivity index (χ1v) is 10.9. The van der Waals surface area contributed by atoms with E-state index in [0.717, 1.165) is 13.1 Å². The molecule has 2 saturated heterocycles. The smallest absolute Gasteiger partial charge is 0.295 e. The van der Waals surface area contributed by atoms with Crippen molar-refractivity contribution in [3.8, 4) is 5.75 Å². The number of morpholine rings is 1. The van der Waals surface area contributed by atoms with Crippen molar-refractivity contribution in [3.05, 3.63) is 65.5 Å². The second kappa shape index (κ2) is 9.93. The molecule has 32 heavy (non-hydrogen) atoms. The van der Waals surface area contributed by atoms with Crippen LogP contribution in [0.2, 0.25) is 0 Å². The highest BCUT2D eigenvalue weighted by Gasteiger charge is 2.44. The van der Waals surface area contributed by atoms with E-state index in [1.807, 2.05) is 19.1 Å². The standard InChI is InChI=1S/C24H27N3O5/c1-2-32-19-5-3-17(4-6-19)21-20(22(28)18-7-9-25-10-8-18)23(29)24(30)27(21)12-11-26-13-15-31-16-14-26/h3-10,21,28H,2,11-16H2,1H3. The van der Waals surface area contributed by atoms with Gasteiger partial charge in [-0.3, -0.25) is 14.6 Å². The Hall–Kier alpha value is -3.23. The second-order valence-electron chi connectivity index (χ2n) is 7.82. The fraction of sp³-hybridized carbons (Fsp3) is 0.375. The summed E-state index contributed by atoms with van der Waals surface area (Å²) in [6.07, 6.45) is 3.00. The van der Waals surface area contributed by atoms with Crippen LogP contribution in [-0.2, 0) is 14.3 Å². The van der Waals surface area contributed by atoms with Crippen LogP contribution in [0.4, 0.5) is 0 Å². The van der Waals surface area contributed by atoms with Crippen LogP contribution in [0.1, 0.15) is 24.1 Å². The number of aromatic nitrogens is 1. The molecule has 3 heterocycles. The molecule has 0 aliphatic carbocycles. The molecule has 0 saturated carbocycles. The number of benzene rings is 1. The molecule has 2 aliphatic rings. The lowest BCUT2D eigenvalue weighted by atomic mass is 9.95. The lowest BCUT2D eigenvalue weighted by Crippen LogP contribution is -3.14. The summed E-state index contributed by atoms with van der Waals surface area (Å²) in [6.45, 7) is 6.58. The van der Waals surface area contributed by atoms with E-state index in [1.165, 1.54) is 22.2 Å². The topological polar surface area (TPSA) is 96.2 Å². The molecule has 1 unspecified atom stereocenters. The summed E-state index contributed by atoms with van der Waals surface area (Å²) >= 11 is 0. The van der Waals surface area contributed by atoms with Gasteiger partial charge in [-0.15, -0.1) is 0 Å². The predicted molar refractivity (Wildman–Crippen MR) is 115 cm³/mol. The van der Waals surface area contributed by atoms with E-state index in [9.17, 15) is 14.7 Å². The maximum Gasteiger partial charge on any atom is 0.295 e. The van der Waals surface area contributed by atoms with Crippen molar-refractivity contribution in [1.82, 2.24) is 9.88 Å². The van der Waals surface area contributed by atoms with Gasteiger partial charge in [-0.25, -0.2) is 0 Å². The molecule has 2 aliphatic heterocycles. The lowest BCUT2D eigenvalue weighted by molar-refractivity contribution is -0.907. The molecule has 8 nitrogen and oxygen atoms in total. The molecule has 2 fully saturated rings. The van der Waals surface area contributed by atoms with Crippen molar-refractivity contribution in [1.29, 1.82) is 0 Å². The number of pyridine rings is 1. The third kappa shape index (κ3) is 4.51. The SMILES string of the molecule is CCOc1ccc(C2C(=C([O-])c3ccncc3)C(=O)C(=O)N2CC[NH+]2CCOCC2)cc1. The summed E-state index contributed by atoms with van der Waals surface area (Å²) in [6, 6.07) is 9.61. The van der Waals surface area contributed by atoms with E-state index in [0.29, 0.717) is 49.8 Å². The number of ketones is 1. The number of nitrogens with one attached hydrogen (secondary N) is 1. The van der Waals surface area contributed by atoms with Gasteiger partial charge >= 0.3 is 0 Å². The zero-order valence-electron chi connectivity index (χ0n) is 18.1. The van der Waals surface area contributed by atoms with Crippen LogP contribution in [0.3, 0.4) is 0 Å². The lowest BCUT2D eigenvalue weighted by Gasteiger charge is -2.30. The number of hydrogen-bond acceptors (Lipinski definition) is 6. The normalized spacial score (nSPS) is 21.2. The van der Waals surface area contributed by atoms with Gasteiger partial charge < -0.3 is 24.4 Å². The average Bonchev–Trinajstić information content (AvgIpc) is 3.09. The molecule has 0 bridgehead atoms. The molecule has 0 spiro atoms. The van der Waals surface area contributed by atoms with Crippen LogP contribution in [-0.4, -0.2) is 67.6 Å². The largest absolute Gasteiger partial charge is 0.872 e. The number of quaternary nitrogens is 1. The van der Waals surface area contributed by atoms with Crippen LogP contribution < -0.4 is 14.7 Å². The first kappa shape index (κ1) is 22.0. The summed E-state index contributed by atoms with van der Waals surface area (Å²) in [5.74, 6) is -1.11. The minimum atomic E-state index is -0.734. The van der Waals surface area contributed by atoms with Gasteiger partial charge in [0.2, 0.25) is 5.78 Å². The number of hydrogen-bond donors (Lipinski definition) is 1. The van der Waals surface area contributed by atoms with E-state index < -0.39 is 23.5 Å². The first-order valence-electron chi connectivity index (χ1n) is 10.9. The third-order valence-corrected chi connectivity index (χ3v) is 5.88. The van der Waals surface area contributed by atoms with Gasteiger partial charge in [0.15, 0.2) is 0 Å². The Balaban J connectivity index is 1.70. The average molecular weight is 437 g/mol. The highest BCUT2D eigenvalue weighted by atomic mass is 16.5. The van der Waals surface area contributed by atoms with Crippen molar-refractivity contribution in [2.45, 2.75) is 13.0 Å². The van der Waals surface area contributed by atoms with Crippen molar-refractivity contribution < 1.29 is 29.1 Å². The Bertz CT molecular complexity index is 984. The van der Waals surface area contributed by atoms with Crippen molar-refractivity contribution in [3.63, 3.8) is 0 Å². The quantitative estimate of drug-likeness (QED) is 0.360. The van der Waals surface area contributed by atoms with Gasteiger partial charge in [0.25, 0.3) is 5.91 Å². The van der Waals surface area contributed by atoms with E-state index in [2.05, 4.69) is 4.98 Å². The minimum Gasteiger partial charge on any atom is -0.872 e. The van der Waals surface area contributed by atoms with Gasteiger partial charge in [0.1, 0.15) is 18.8 Å². The number of rotatable bonds is 7. The molecule has 1 N–H and O–H groups in total. The van der Waals surface area contributed by atoms with Crippen molar-refractivity contribution >= 4 is 17.4 Å². The molecule has 4 rings (SSSR count). The number of Topliss-reactive ketones (excluding diaryl/α,β-unsaturated/α-hetero) is 1. The van der Waals surface area contributed by atoms with Crippen LogP contribution >= 0.6 is 0 Å². The van der Waals surface area contributed by atoms with Gasteiger partial charge in [-0.1, -0.05) is 17.9 Å². The Morgan fingerprint density at radius 1 is 1.16 bits per heavy atom. The van der Waals surface area contributed by atoms with E-state index in [4.69, 9.17) is 9.47 Å². The zero-order chi connectivity index (χ0) is 22.5. The van der Waals surface area contributed by atoms with E-state index in [-0.39, 0.29) is 5.57 Å². The maximum absolute atomic E-state index is 13.3. The van der Waals surface area contributed by atoms with Crippen molar-refractivity contribution in [2.24, 2.45) is 0 Å². The Morgan fingerprint density at radius 3 is 2.50 bits per heavy atom. The molecule has 1 aromatic heterocycles. The predicted octanol–water partition coefficient (Wildman–Crippen LogP) is -0.381. The number of carbonyl (C=O) groups is 2. The van der Waals surface area contributed by atoms with E-state index in [1.54, 1.807) is 24.3 Å². The molecular formula is C24H27N3O5. The van der Waals surface area contributed by atoms with Gasteiger partial charge in [-0.05, 0) is 42.3 Å². The Labute approximate surface area is 187 Å². The Morgan fingerprint density at radius 2 is 1.84 bits per heavy atom. The van der Waals surface area contributed by atoms with Crippen LogP contribution in [0.5, 0.6) is 5.75 Å². The summed E-state index contributed by atoms with van der Waals surface area (Å²) in [7, 11) is 0. The monoisotopic (exact) mass is 437 g/mol. The summed E-state index contributed by atoms with van der Waals surface area (Å²) in [5.41, 5.74) is 1.04. The molecule has 0 radical (unpaired) electrons. The molecule has 1 amide bonds. The molecule has 1 atom stereocenters. The van der Waals surface area contributed by atoms with Gasteiger partial charge in [0.05, 0.1) is 39.0 Å². The van der Waals surface area contributed by atoms with Gasteiger partial charge in [-0.2, -0.15) is 0 Å². The first-order chi connectivity index (χ1) is 15.6. The molecule has 1 aromatic carbocycles. The number of likely N-dealkylation sites (tertiary alicyclic amines) is 1. The van der Waals surface area contributed by atoms with Crippen molar-refractivity contribution in [2.75, 3.05) is 46.0 Å². The number of nitrogens with zero attached hydrogens (tertiary/aromatic N) is 2. The molecule has 2 aromatic rings. The molecular weight excluding hydrogens is 410 g/mol. The minimum absolute atomic E-state index is 0.0117. The fourth-order valence-electron chi connectivity index (χ4n) is 4.21. The number of amides is 1. The highest BCUT2D eigenvalue weighted by Crippen LogP contribution is 2.38. The second-order valence-corrected chi connectivity index (χ2v) is 7.82. The summed E-state index contributed by atoms with van der Waals surface area (Å²) < 4.78 is 10.9. The summed E-state index contributed by atoms with van der Waals surface area (Å²) in [5, 5.41) is 13.3.